The second-order valence-corrected chi connectivity index (χ2v) is 8.23. The number of amides is 1. The van der Waals surface area contributed by atoms with Crippen LogP contribution in [0.25, 0.3) is 0 Å². The van der Waals surface area contributed by atoms with Gasteiger partial charge in [-0.2, -0.15) is 4.31 Å². The van der Waals surface area contributed by atoms with Crippen LogP contribution in [0.5, 0.6) is 0 Å². The number of likely N-dealkylation sites (N-methyl/N-ethyl adjacent to an activating group) is 1. The quantitative estimate of drug-likeness (QED) is 0.591. The Labute approximate surface area is 162 Å². The van der Waals surface area contributed by atoms with Gasteiger partial charge in [-0.3, -0.25) is 14.5 Å². The van der Waals surface area contributed by atoms with Gasteiger partial charge in [0.1, 0.15) is 6.54 Å². The second-order valence-electron chi connectivity index (χ2n) is 6.29. The lowest BCUT2D eigenvalue weighted by atomic mass is 10.2. The molecule has 0 aromatic carbocycles. The molecule has 1 atom stereocenters. The van der Waals surface area contributed by atoms with Crippen LogP contribution in [-0.4, -0.2) is 66.9 Å². The van der Waals surface area contributed by atoms with Crippen molar-refractivity contribution in [1.82, 2.24) is 19.1 Å². The van der Waals surface area contributed by atoms with Crippen LogP contribution >= 0.6 is 0 Å². The third kappa shape index (κ3) is 6.15. The van der Waals surface area contributed by atoms with Gasteiger partial charge in [0, 0.05) is 37.9 Å². The van der Waals surface area contributed by atoms with Crippen molar-refractivity contribution in [3.8, 4) is 0 Å². The normalized spacial score (nSPS) is 13.1. The lowest BCUT2D eigenvalue weighted by Gasteiger charge is -2.26. The van der Waals surface area contributed by atoms with Crippen LogP contribution in [0, 0.1) is 0 Å². The molecule has 8 nitrogen and oxygen atoms in total. The molecule has 0 spiro atoms. The van der Waals surface area contributed by atoms with E-state index in [0.717, 1.165) is 17.7 Å². The highest BCUT2D eigenvalue weighted by molar-refractivity contribution is 7.89. The van der Waals surface area contributed by atoms with Crippen LogP contribution in [0.2, 0.25) is 0 Å². The molecular formula is C18H32N4O4S. The minimum Gasteiger partial charge on any atom is -0.353 e. The Morgan fingerprint density at radius 1 is 1.11 bits per heavy atom. The first-order valence-corrected chi connectivity index (χ1v) is 10.9. The summed E-state index contributed by atoms with van der Waals surface area (Å²) in [7, 11) is -3.68. The summed E-state index contributed by atoms with van der Waals surface area (Å²) < 4.78 is 27.6. The van der Waals surface area contributed by atoms with Crippen molar-refractivity contribution in [2.45, 2.75) is 52.1 Å². The molecule has 0 radical (unpaired) electrons. The molecule has 1 aromatic rings. The summed E-state index contributed by atoms with van der Waals surface area (Å²) in [6.45, 7) is 12.3. The topological polar surface area (TPSA) is 91.7 Å². The van der Waals surface area contributed by atoms with E-state index in [9.17, 15) is 18.0 Å². The average Bonchev–Trinajstić information content (AvgIpc) is 2.63. The third-order valence-corrected chi connectivity index (χ3v) is 6.68. The molecule has 0 saturated heterocycles. The summed E-state index contributed by atoms with van der Waals surface area (Å²) in [5.41, 5.74) is -0.416. The predicted octanol–water partition coefficient (Wildman–Crippen LogP) is 0.725. The minimum atomic E-state index is -3.68. The second kappa shape index (κ2) is 10.6. The number of carbonyl (C=O) groups excluding carboxylic acids is 1. The number of carbonyl (C=O) groups is 1. The molecule has 1 rings (SSSR count). The zero-order valence-electron chi connectivity index (χ0n) is 16.9. The Kier molecular flexibility index (Phi) is 9.14. The third-order valence-electron chi connectivity index (χ3n) is 4.64. The van der Waals surface area contributed by atoms with Crippen LogP contribution in [-0.2, 0) is 21.4 Å². The Morgan fingerprint density at radius 2 is 1.70 bits per heavy atom. The molecule has 0 aliphatic rings. The summed E-state index contributed by atoms with van der Waals surface area (Å²) in [4.78, 5) is 26.5. The monoisotopic (exact) mass is 400 g/mol. The molecule has 0 aliphatic carbocycles. The maximum atomic E-state index is 12.6. The SMILES string of the molecule is CCN(CC)C(C)CNC(=O)Cn1cc(S(=O)(=O)N(CC)CC)ccc1=O. The summed E-state index contributed by atoms with van der Waals surface area (Å²) >= 11 is 0. The maximum Gasteiger partial charge on any atom is 0.251 e. The van der Waals surface area contributed by atoms with Gasteiger partial charge in [0.25, 0.3) is 5.56 Å². The molecule has 154 valence electrons. The van der Waals surface area contributed by atoms with Crippen LogP contribution < -0.4 is 10.9 Å². The minimum absolute atomic E-state index is 0.00936. The van der Waals surface area contributed by atoms with Crippen LogP contribution in [0.1, 0.15) is 34.6 Å². The van der Waals surface area contributed by atoms with Crippen molar-refractivity contribution >= 4 is 15.9 Å². The van der Waals surface area contributed by atoms with Gasteiger partial charge in [-0.05, 0) is 26.1 Å². The van der Waals surface area contributed by atoms with Crippen molar-refractivity contribution in [3.05, 3.63) is 28.7 Å². The van der Waals surface area contributed by atoms with E-state index in [0.29, 0.717) is 19.6 Å². The van der Waals surface area contributed by atoms with E-state index in [1.807, 2.05) is 6.92 Å². The Hall–Kier alpha value is -1.71. The molecule has 0 fully saturated rings. The molecule has 1 heterocycles. The number of hydrogen-bond acceptors (Lipinski definition) is 5. The fraction of sp³-hybridized carbons (Fsp3) is 0.667. The largest absolute Gasteiger partial charge is 0.353 e. The molecule has 9 heteroatoms. The van der Waals surface area contributed by atoms with E-state index in [1.165, 1.54) is 22.6 Å². The van der Waals surface area contributed by atoms with Crippen molar-refractivity contribution in [2.24, 2.45) is 0 Å². The number of nitrogens with one attached hydrogen (secondary N) is 1. The zero-order chi connectivity index (χ0) is 20.6. The molecule has 0 bridgehead atoms. The van der Waals surface area contributed by atoms with Gasteiger partial charge < -0.3 is 9.88 Å². The summed E-state index contributed by atoms with van der Waals surface area (Å²) in [6.07, 6.45) is 1.24. The lowest BCUT2D eigenvalue weighted by Crippen LogP contribution is -2.43. The van der Waals surface area contributed by atoms with E-state index >= 15 is 0 Å². The molecule has 0 saturated carbocycles. The van der Waals surface area contributed by atoms with Crippen molar-refractivity contribution in [1.29, 1.82) is 0 Å². The van der Waals surface area contributed by atoms with Gasteiger partial charge in [0.2, 0.25) is 15.9 Å². The average molecular weight is 401 g/mol. The number of hydrogen-bond donors (Lipinski definition) is 1. The highest BCUT2D eigenvalue weighted by Crippen LogP contribution is 2.13. The first kappa shape index (κ1) is 23.3. The van der Waals surface area contributed by atoms with E-state index in [2.05, 4.69) is 24.1 Å². The number of nitrogens with zero attached hydrogens (tertiary/aromatic N) is 3. The zero-order valence-corrected chi connectivity index (χ0v) is 17.8. The summed E-state index contributed by atoms with van der Waals surface area (Å²) in [6, 6.07) is 2.64. The predicted molar refractivity (Wildman–Crippen MR) is 106 cm³/mol. The van der Waals surface area contributed by atoms with Gasteiger partial charge in [0.05, 0.1) is 4.90 Å². The molecular weight excluding hydrogens is 368 g/mol. The van der Waals surface area contributed by atoms with Crippen LogP contribution in [0.15, 0.2) is 28.0 Å². The van der Waals surface area contributed by atoms with Gasteiger partial charge in [0.15, 0.2) is 0 Å². The van der Waals surface area contributed by atoms with Crippen molar-refractivity contribution in [2.75, 3.05) is 32.7 Å². The van der Waals surface area contributed by atoms with Gasteiger partial charge in [-0.25, -0.2) is 8.42 Å². The molecule has 1 aromatic heterocycles. The lowest BCUT2D eigenvalue weighted by molar-refractivity contribution is -0.121. The Morgan fingerprint density at radius 3 is 2.22 bits per heavy atom. The Bertz CT molecular complexity index is 768. The smallest absolute Gasteiger partial charge is 0.251 e. The van der Waals surface area contributed by atoms with Crippen molar-refractivity contribution in [3.63, 3.8) is 0 Å². The maximum absolute atomic E-state index is 12.6. The molecule has 27 heavy (non-hydrogen) atoms. The van der Waals surface area contributed by atoms with E-state index in [1.54, 1.807) is 13.8 Å². The number of pyridine rings is 1. The van der Waals surface area contributed by atoms with Crippen molar-refractivity contribution < 1.29 is 13.2 Å². The molecule has 1 N–H and O–H groups in total. The Balaban J connectivity index is 2.90. The fourth-order valence-electron chi connectivity index (χ4n) is 2.95. The highest BCUT2D eigenvalue weighted by atomic mass is 32.2. The first-order valence-electron chi connectivity index (χ1n) is 9.42. The molecule has 1 unspecified atom stereocenters. The number of sulfonamides is 1. The molecule has 1 amide bonds. The van der Waals surface area contributed by atoms with Gasteiger partial charge >= 0.3 is 0 Å². The van der Waals surface area contributed by atoms with Gasteiger partial charge in [-0.1, -0.05) is 27.7 Å². The number of aromatic nitrogens is 1. The number of rotatable bonds is 11. The van der Waals surface area contributed by atoms with Crippen LogP contribution in [0.4, 0.5) is 0 Å². The highest BCUT2D eigenvalue weighted by Gasteiger charge is 2.22. The van der Waals surface area contributed by atoms with E-state index in [4.69, 9.17) is 0 Å². The summed E-state index contributed by atoms with van der Waals surface area (Å²) in [5.74, 6) is -0.325. The summed E-state index contributed by atoms with van der Waals surface area (Å²) in [5, 5.41) is 2.81. The van der Waals surface area contributed by atoms with E-state index < -0.39 is 15.6 Å². The van der Waals surface area contributed by atoms with Crippen LogP contribution in [0.3, 0.4) is 0 Å². The van der Waals surface area contributed by atoms with Gasteiger partial charge in [-0.15, -0.1) is 0 Å². The van der Waals surface area contributed by atoms with E-state index in [-0.39, 0.29) is 23.4 Å². The molecule has 0 aliphatic heterocycles. The fourth-order valence-corrected chi connectivity index (χ4v) is 4.42. The standard InChI is InChI=1S/C18H32N4O4S/c1-6-20(7-2)15(5)12-19-17(23)14-21-13-16(10-11-18(21)24)27(25,26)22(8-3)9-4/h10-11,13,15H,6-9,12,14H2,1-5H3,(H,19,23). The first-order chi connectivity index (χ1) is 12.7.